The predicted octanol–water partition coefficient (Wildman–Crippen LogP) is 3.34. The van der Waals surface area contributed by atoms with Crippen LogP contribution in [0.3, 0.4) is 0 Å². The first-order chi connectivity index (χ1) is 13.5. The summed E-state index contributed by atoms with van der Waals surface area (Å²) in [6, 6.07) is 19.0. The van der Waals surface area contributed by atoms with E-state index >= 15 is 0 Å². The number of nitrogens with zero attached hydrogens (tertiary/aromatic N) is 2. The zero-order valence-electron chi connectivity index (χ0n) is 16.2. The highest BCUT2D eigenvalue weighted by atomic mass is 16.5. The summed E-state index contributed by atoms with van der Waals surface area (Å²) in [6.07, 6.45) is 1.74. The van der Waals surface area contributed by atoms with Gasteiger partial charge in [0.25, 0.3) is 5.91 Å². The van der Waals surface area contributed by atoms with Crippen molar-refractivity contribution in [3.8, 4) is 11.4 Å². The number of hydrogen-bond acceptors (Lipinski definition) is 4. The molecular formula is C22H26N4O2. The Morgan fingerprint density at radius 3 is 2.39 bits per heavy atom. The van der Waals surface area contributed by atoms with Crippen LogP contribution in [0.25, 0.3) is 5.69 Å². The lowest BCUT2D eigenvalue weighted by Crippen LogP contribution is -2.32. The topological polar surface area (TPSA) is 82.2 Å². The van der Waals surface area contributed by atoms with Gasteiger partial charge in [0.05, 0.1) is 18.5 Å². The molecule has 28 heavy (non-hydrogen) atoms. The maximum Gasteiger partial charge on any atom is 0.275 e. The van der Waals surface area contributed by atoms with Crippen molar-refractivity contribution in [2.75, 3.05) is 13.2 Å². The molecule has 146 valence electrons. The highest BCUT2D eigenvalue weighted by molar-refractivity contribution is 5.95. The molecule has 1 amide bonds. The van der Waals surface area contributed by atoms with Gasteiger partial charge in [-0.25, -0.2) is 4.68 Å². The van der Waals surface area contributed by atoms with Crippen molar-refractivity contribution in [3.63, 3.8) is 0 Å². The van der Waals surface area contributed by atoms with Gasteiger partial charge in [0.1, 0.15) is 0 Å². The summed E-state index contributed by atoms with van der Waals surface area (Å²) in [6.45, 7) is 4.93. The lowest BCUT2D eigenvalue weighted by atomic mass is 10.1. The quantitative estimate of drug-likeness (QED) is 0.630. The van der Waals surface area contributed by atoms with Crippen LogP contribution in [-0.4, -0.2) is 28.8 Å². The number of nitrogens with one attached hydrogen (secondary N) is 1. The Morgan fingerprint density at radius 2 is 1.75 bits per heavy atom. The molecule has 3 N–H and O–H groups in total. The van der Waals surface area contributed by atoms with Gasteiger partial charge in [-0.3, -0.25) is 4.79 Å². The zero-order valence-corrected chi connectivity index (χ0v) is 16.2. The number of rotatable bonds is 8. The Balaban J connectivity index is 1.76. The molecule has 0 fully saturated rings. The molecule has 2 aromatic carbocycles. The van der Waals surface area contributed by atoms with Gasteiger partial charge in [-0.05, 0) is 23.6 Å². The molecule has 0 radical (unpaired) electrons. The summed E-state index contributed by atoms with van der Waals surface area (Å²) in [4.78, 5) is 12.8. The normalized spacial score (nSPS) is 12.0. The summed E-state index contributed by atoms with van der Waals surface area (Å²) in [7, 11) is 0. The fraction of sp³-hybridized carbons (Fsp3) is 0.273. The summed E-state index contributed by atoms with van der Waals surface area (Å²) in [5.74, 6) is 0.491. The predicted molar refractivity (Wildman–Crippen MR) is 110 cm³/mol. The molecule has 0 spiro atoms. The van der Waals surface area contributed by atoms with Crippen LogP contribution in [0.5, 0.6) is 5.75 Å². The minimum atomic E-state index is -0.306. The first-order valence-corrected chi connectivity index (χ1v) is 9.41. The van der Waals surface area contributed by atoms with E-state index in [0.29, 0.717) is 24.8 Å². The maximum atomic E-state index is 12.8. The third kappa shape index (κ3) is 4.98. The lowest BCUT2D eigenvalue weighted by Gasteiger charge is -2.13. The molecule has 0 aliphatic rings. The van der Waals surface area contributed by atoms with Crippen LogP contribution in [0.1, 0.15) is 35.9 Å². The SMILES string of the molecule is CC(C)COc1cn(-c2ccccc2)nc1C(=O)NCC(N)c1ccccc1. The van der Waals surface area contributed by atoms with E-state index in [4.69, 9.17) is 10.5 Å². The third-order valence-electron chi connectivity index (χ3n) is 4.20. The Labute approximate surface area is 165 Å². The monoisotopic (exact) mass is 378 g/mol. The van der Waals surface area contributed by atoms with Crippen LogP contribution < -0.4 is 15.8 Å². The Bertz CT molecular complexity index is 891. The van der Waals surface area contributed by atoms with Crippen LogP contribution in [0.4, 0.5) is 0 Å². The molecule has 3 aromatic rings. The largest absolute Gasteiger partial charge is 0.489 e. The molecule has 0 aliphatic carbocycles. The molecule has 3 rings (SSSR count). The Morgan fingerprint density at radius 1 is 1.11 bits per heavy atom. The molecule has 0 bridgehead atoms. The molecule has 1 unspecified atom stereocenters. The van der Waals surface area contributed by atoms with Crippen LogP contribution in [0.15, 0.2) is 66.9 Å². The number of nitrogens with two attached hydrogens (primary N) is 1. The van der Waals surface area contributed by atoms with Crippen LogP contribution in [0, 0.1) is 5.92 Å². The van der Waals surface area contributed by atoms with E-state index in [1.165, 1.54) is 0 Å². The van der Waals surface area contributed by atoms with Crippen molar-refractivity contribution in [2.45, 2.75) is 19.9 Å². The molecule has 0 saturated heterocycles. The number of hydrogen-bond donors (Lipinski definition) is 2. The van der Waals surface area contributed by atoms with E-state index < -0.39 is 0 Å². The van der Waals surface area contributed by atoms with Gasteiger partial charge in [-0.15, -0.1) is 0 Å². The van der Waals surface area contributed by atoms with Crippen molar-refractivity contribution >= 4 is 5.91 Å². The molecule has 1 atom stereocenters. The number of carbonyl (C=O) groups excluding carboxylic acids is 1. The molecular weight excluding hydrogens is 352 g/mol. The van der Waals surface area contributed by atoms with E-state index in [9.17, 15) is 4.79 Å². The number of benzene rings is 2. The number of amides is 1. The molecule has 1 aromatic heterocycles. The minimum Gasteiger partial charge on any atom is -0.489 e. The van der Waals surface area contributed by atoms with Crippen molar-refractivity contribution < 1.29 is 9.53 Å². The second-order valence-corrected chi connectivity index (χ2v) is 7.05. The van der Waals surface area contributed by atoms with Crippen LogP contribution in [-0.2, 0) is 0 Å². The average molecular weight is 378 g/mol. The lowest BCUT2D eigenvalue weighted by molar-refractivity contribution is 0.0941. The van der Waals surface area contributed by atoms with Gasteiger partial charge in [-0.2, -0.15) is 5.10 Å². The van der Waals surface area contributed by atoms with Crippen molar-refractivity contribution in [1.29, 1.82) is 0 Å². The Hall–Kier alpha value is -3.12. The molecule has 1 heterocycles. The summed E-state index contributed by atoms with van der Waals surface area (Å²) in [5.41, 5.74) is 8.26. The van der Waals surface area contributed by atoms with Gasteiger partial charge >= 0.3 is 0 Å². The number of ether oxygens (including phenoxy) is 1. The van der Waals surface area contributed by atoms with E-state index in [-0.39, 0.29) is 17.6 Å². The first-order valence-electron chi connectivity index (χ1n) is 9.41. The minimum absolute atomic E-state index is 0.254. The highest BCUT2D eigenvalue weighted by Crippen LogP contribution is 2.21. The fourth-order valence-electron chi connectivity index (χ4n) is 2.69. The Kier molecular flexibility index (Phi) is 6.45. The number of carbonyl (C=O) groups is 1. The van der Waals surface area contributed by atoms with Crippen LogP contribution in [0.2, 0.25) is 0 Å². The zero-order chi connectivity index (χ0) is 19.9. The smallest absolute Gasteiger partial charge is 0.275 e. The fourth-order valence-corrected chi connectivity index (χ4v) is 2.69. The molecule has 6 nitrogen and oxygen atoms in total. The van der Waals surface area contributed by atoms with Crippen molar-refractivity contribution in [1.82, 2.24) is 15.1 Å². The number of aromatic nitrogens is 2. The summed E-state index contributed by atoms with van der Waals surface area (Å²) < 4.78 is 7.49. The second kappa shape index (κ2) is 9.19. The van der Waals surface area contributed by atoms with Gasteiger partial charge in [-0.1, -0.05) is 62.4 Å². The summed E-state index contributed by atoms with van der Waals surface area (Å²) in [5, 5.41) is 7.32. The van der Waals surface area contributed by atoms with Gasteiger partial charge < -0.3 is 15.8 Å². The van der Waals surface area contributed by atoms with E-state index in [2.05, 4.69) is 24.3 Å². The van der Waals surface area contributed by atoms with Crippen molar-refractivity contribution in [3.05, 3.63) is 78.1 Å². The summed E-state index contributed by atoms with van der Waals surface area (Å²) >= 11 is 0. The highest BCUT2D eigenvalue weighted by Gasteiger charge is 2.20. The standard InChI is InChI=1S/C22H26N4O2/c1-16(2)15-28-20-14-26(18-11-7-4-8-12-18)25-21(20)22(27)24-13-19(23)17-9-5-3-6-10-17/h3-12,14,16,19H,13,15,23H2,1-2H3,(H,24,27). The molecule has 0 aliphatic heterocycles. The van der Waals surface area contributed by atoms with E-state index in [1.807, 2.05) is 60.7 Å². The van der Waals surface area contributed by atoms with Gasteiger partial charge in [0.2, 0.25) is 0 Å². The van der Waals surface area contributed by atoms with Gasteiger partial charge in [0.15, 0.2) is 11.4 Å². The average Bonchev–Trinajstić information content (AvgIpc) is 3.16. The first kappa shape index (κ1) is 19.6. The third-order valence-corrected chi connectivity index (χ3v) is 4.20. The molecule has 6 heteroatoms. The maximum absolute atomic E-state index is 12.8. The second-order valence-electron chi connectivity index (χ2n) is 7.05. The number of para-hydroxylation sites is 1. The van der Waals surface area contributed by atoms with E-state index in [0.717, 1.165) is 11.3 Å². The van der Waals surface area contributed by atoms with Gasteiger partial charge in [0, 0.05) is 12.6 Å². The van der Waals surface area contributed by atoms with Crippen LogP contribution >= 0.6 is 0 Å². The van der Waals surface area contributed by atoms with Crippen molar-refractivity contribution in [2.24, 2.45) is 11.7 Å². The molecule has 0 saturated carbocycles. The van der Waals surface area contributed by atoms with E-state index in [1.54, 1.807) is 10.9 Å².